The molecule has 2 aromatic rings. The number of likely N-dealkylation sites (tertiary alicyclic amines) is 1. The first-order valence-corrected chi connectivity index (χ1v) is 8.78. The Kier molecular flexibility index (Phi) is 5.28. The minimum atomic E-state index is 0. The van der Waals surface area contributed by atoms with Gasteiger partial charge in [0.25, 0.3) is 0 Å². The molecule has 1 aromatic heterocycles. The van der Waals surface area contributed by atoms with Gasteiger partial charge in [-0.15, -0.1) is 12.4 Å². The predicted molar refractivity (Wildman–Crippen MR) is 100.0 cm³/mol. The van der Waals surface area contributed by atoms with Gasteiger partial charge in [-0.05, 0) is 63.4 Å². The molecular weight excluding hydrogens is 320 g/mol. The molecule has 2 saturated heterocycles. The summed E-state index contributed by atoms with van der Waals surface area (Å²) < 4.78 is 2.01. The number of rotatable bonds is 3. The van der Waals surface area contributed by atoms with E-state index in [4.69, 9.17) is 5.10 Å². The van der Waals surface area contributed by atoms with Gasteiger partial charge in [-0.1, -0.05) is 18.2 Å². The smallest absolute Gasteiger partial charge is 0.0645 e. The molecule has 0 aliphatic carbocycles. The Bertz CT molecular complexity index is 661. The molecule has 0 amide bonds. The first kappa shape index (κ1) is 17.5. The highest BCUT2D eigenvalue weighted by Crippen LogP contribution is 2.39. The van der Waals surface area contributed by atoms with Crippen molar-refractivity contribution < 1.29 is 0 Å². The van der Waals surface area contributed by atoms with Crippen molar-refractivity contribution >= 4 is 12.4 Å². The third-order valence-corrected chi connectivity index (χ3v) is 5.60. The van der Waals surface area contributed by atoms with Gasteiger partial charge in [0, 0.05) is 24.8 Å². The van der Waals surface area contributed by atoms with E-state index in [9.17, 15) is 0 Å². The van der Waals surface area contributed by atoms with Crippen molar-refractivity contribution in [3.05, 3.63) is 47.8 Å². The summed E-state index contributed by atoms with van der Waals surface area (Å²) in [5.41, 5.74) is 4.23. The van der Waals surface area contributed by atoms with Crippen LogP contribution in [-0.2, 0) is 6.54 Å². The molecule has 0 saturated carbocycles. The maximum Gasteiger partial charge on any atom is 0.0645 e. The summed E-state index contributed by atoms with van der Waals surface area (Å²) in [6.45, 7) is 8.04. The van der Waals surface area contributed by atoms with E-state index in [2.05, 4.69) is 47.6 Å². The van der Waals surface area contributed by atoms with Crippen LogP contribution in [0.25, 0.3) is 5.69 Å². The fourth-order valence-electron chi connectivity index (χ4n) is 4.13. The SMILES string of the molecule is Cc1nn(-c2ccccc2)cc1CN1CCC2(CCNCC2)C1.Cl. The van der Waals surface area contributed by atoms with Crippen LogP contribution in [0.2, 0.25) is 0 Å². The van der Waals surface area contributed by atoms with E-state index in [0.717, 1.165) is 17.9 Å². The van der Waals surface area contributed by atoms with E-state index in [1.807, 2.05) is 10.7 Å². The summed E-state index contributed by atoms with van der Waals surface area (Å²) in [6.07, 6.45) is 6.25. The van der Waals surface area contributed by atoms with Crippen LogP contribution in [0.15, 0.2) is 36.5 Å². The Hall–Kier alpha value is -1.36. The van der Waals surface area contributed by atoms with Crippen molar-refractivity contribution in [2.45, 2.75) is 32.7 Å². The zero-order chi connectivity index (χ0) is 15.7. The Balaban J connectivity index is 0.00000169. The van der Waals surface area contributed by atoms with Crippen molar-refractivity contribution in [1.82, 2.24) is 20.0 Å². The van der Waals surface area contributed by atoms with Crippen LogP contribution < -0.4 is 5.32 Å². The van der Waals surface area contributed by atoms with Gasteiger partial charge in [-0.25, -0.2) is 4.68 Å². The Morgan fingerprint density at radius 2 is 1.88 bits per heavy atom. The molecular formula is C19H27ClN4. The normalized spacial score (nSPS) is 20.2. The number of nitrogens with zero attached hydrogens (tertiary/aromatic N) is 3. The second kappa shape index (κ2) is 7.26. The van der Waals surface area contributed by atoms with E-state index in [1.54, 1.807) is 0 Å². The number of nitrogens with one attached hydrogen (secondary N) is 1. The molecule has 1 aromatic carbocycles. The summed E-state index contributed by atoms with van der Waals surface area (Å²) >= 11 is 0. The van der Waals surface area contributed by atoms with Crippen LogP contribution in [0.4, 0.5) is 0 Å². The molecule has 4 rings (SSSR count). The zero-order valence-corrected chi connectivity index (χ0v) is 15.2. The van der Waals surface area contributed by atoms with Gasteiger partial charge in [0.15, 0.2) is 0 Å². The second-order valence-electron chi connectivity index (χ2n) is 7.23. The van der Waals surface area contributed by atoms with Crippen LogP contribution >= 0.6 is 12.4 Å². The van der Waals surface area contributed by atoms with Crippen LogP contribution in [0.5, 0.6) is 0 Å². The van der Waals surface area contributed by atoms with Gasteiger partial charge in [0.05, 0.1) is 11.4 Å². The summed E-state index contributed by atoms with van der Waals surface area (Å²) in [4.78, 5) is 2.63. The number of hydrogen-bond acceptors (Lipinski definition) is 3. The summed E-state index contributed by atoms with van der Waals surface area (Å²) in [7, 11) is 0. The number of benzene rings is 1. The largest absolute Gasteiger partial charge is 0.317 e. The average Bonchev–Trinajstić information content (AvgIpc) is 3.14. The molecule has 4 nitrogen and oxygen atoms in total. The molecule has 2 aliphatic rings. The van der Waals surface area contributed by atoms with Gasteiger partial charge >= 0.3 is 0 Å². The topological polar surface area (TPSA) is 33.1 Å². The quantitative estimate of drug-likeness (QED) is 0.926. The molecule has 2 fully saturated rings. The number of aromatic nitrogens is 2. The van der Waals surface area contributed by atoms with E-state index in [0.29, 0.717) is 5.41 Å². The van der Waals surface area contributed by atoms with Crippen molar-refractivity contribution in [2.75, 3.05) is 26.2 Å². The highest BCUT2D eigenvalue weighted by Gasteiger charge is 2.38. The third-order valence-electron chi connectivity index (χ3n) is 5.60. The zero-order valence-electron chi connectivity index (χ0n) is 14.4. The lowest BCUT2D eigenvalue weighted by Crippen LogP contribution is -2.38. The molecule has 24 heavy (non-hydrogen) atoms. The Labute approximate surface area is 150 Å². The average molecular weight is 347 g/mol. The summed E-state index contributed by atoms with van der Waals surface area (Å²) in [5.74, 6) is 0. The standard InChI is InChI=1S/C19H26N4.ClH/c1-16-17(14-23(21-16)18-5-3-2-4-6-18)13-22-12-9-19(15-22)7-10-20-11-8-19;/h2-6,14,20H,7-13,15H2,1H3;1H. The molecule has 2 aliphatic heterocycles. The molecule has 5 heteroatoms. The summed E-state index contributed by atoms with van der Waals surface area (Å²) in [5, 5.41) is 8.21. The van der Waals surface area contributed by atoms with Crippen LogP contribution in [-0.4, -0.2) is 40.9 Å². The van der Waals surface area contributed by atoms with Crippen molar-refractivity contribution in [2.24, 2.45) is 5.41 Å². The fraction of sp³-hybridized carbons (Fsp3) is 0.526. The molecule has 0 atom stereocenters. The third kappa shape index (κ3) is 3.51. The molecule has 1 spiro atoms. The molecule has 0 bridgehead atoms. The van der Waals surface area contributed by atoms with Gasteiger partial charge in [-0.3, -0.25) is 4.90 Å². The molecule has 1 N–H and O–H groups in total. The Morgan fingerprint density at radius 3 is 2.62 bits per heavy atom. The Morgan fingerprint density at radius 1 is 1.12 bits per heavy atom. The van der Waals surface area contributed by atoms with Gasteiger partial charge < -0.3 is 5.32 Å². The lowest BCUT2D eigenvalue weighted by atomic mass is 9.78. The lowest BCUT2D eigenvalue weighted by molar-refractivity contribution is 0.194. The van der Waals surface area contributed by atoms with Gasteiger partial charge in [0.1, 0.15) is 0 Å². The minimum absolute atomic E-state index is 0. The molecule has 3 heterocycles. The number of para-hydroxylation sites is 1. The van der Waals surface area contributed by atoms with Crippen molar-refractivity contribution in [1.29, 1.82) is 0 Å². The van der Waals surface area contributed by atoms with Gasteiger partial charge in [0.2, 0.25) is 0 Å². The lowest BCUT2D eigenvalue weighted by Gasteiger charge is -2.33. The van der Waals surface area contributed by atoms with E-state index < -0.39 is 0 Å². The highest BCUT2D eigenvalue weighted by atomic mass is 35.5. The van der Waals surface area contributed by atoms with Gasteiger partial charge in [-0.2, -0.15) is 5.10 Å². The maximum atomic E-state index is 4.71. The summed E-state index contributed by atoms with van der Waals surface area (Å²) in [6, 6.07) is 10.4. The van der Waals surface area contributed by atoms with E-state index in [-0.39, 0.29) is 12.4 Å². The molecule has 130 valence electrons. The van der Waals surface area contributed by atoms with Crippen molar-refractivity contribution in [3.63, 3.8) is 0 Å². The number of halogens is 1. The van der Waals surface area contributed by atoms with Crippen molar-refractivity contribution in [3.8, 4) is 5.69 Å². The van der Waals surface area contributed by atoms with Crippen LogP contribution in [0.3, 0.4) is 0 Å². The maximum absolute atomic E-state index is 4.71. The number of aryl methyl sites for hydroxylation is 1. The second-order valence-corrected chi connectivity index (χ2v) is 7.23. The molecule has 0 radical (unpaired) electrons. The van der Waals surface area contributed by atoms with E-state index >= 15 is 0 Å². The minimum Gasteiger partial charge on any atom is -0.317 e. The first-order chi connectivity index (χ1) is 11.2. The first-order valence-electron chi connectivity index (χ1n) is 8.78. The van der Waals surface area contributed by atoms with E-state index in [1.165, 1.54) is 51.0 Å². The van der Waals surface area contributed by atoms with Crippen LogP contribution in [0.1, 0.15) is 30.5 Å². The predicted octanol–water partition coefficient (Wildman–Crippen LogP) is 3.18. The fourth-order valence-corrected chi connectivity index (χ4v) is 4.13. The number of piperidine rings is 1. The number of hydrogen-bond donors (Lipinski definition) is 1. The highest BCUT2D eigenvalue weighted by molar-refractivity contribution is 5.85. The monoisotopic (exact) mass is 346 g/mol. The van der Waals surface area contributed by atoms with Crippen LogP contribution in [0, 0.1) is 12.3 Å². The molecule has 0 unspecified atom stereocenters.